The molecule has 28 heavy (non-hydrogen) atoms. The van der Waals surface area contributed by atoms with Crippen molar-refractivity contribution in [3.8, 4) is 5.75 Å². The van der Waals surface area contributed by atoms with Crippen LogP contribution in [0.15, 0.2) is 53.4 Å². The second kappa shape index (κ2) is 10.6. The second-order valence-electron chi connectivity index (χ2n) is 8.17. The van der Waals surface area contributed by atoms with Crippen LogP contribution in [0.25, 0.3) is 0 Å². The van der Waals surface area contributed by atoms with Crippen molar-refractivity contribution in [1.82, 2.24) is 0 Å². The van der Waals surface area contributed by atoms with Crippen LogP contribution in [0.2, 0.25) is 0 Å². The van der Waals surface area contributed by atoms with Crippen LogP contribution in [0, 0.1) is 0 Å². The van der Waals surface area contributed by atoms with E-state index in [0.717, 1.165) is 36.3 Å². The van der Waals surface area contributed by atoms with E-state index in [0.29, 0.717) is 6.42 Å². The maximum atomic E-state index is 11.6. The van der Waals surface area contributed by atoms with Crippen LogP contribution in [0.5, 0.6) is 5.75 Å². The number of unbranched alkanes of at least 4 members (excludes halogenated alkanes) is 2. The Morgan fingerprint density at radius 2 is 1.64 bits per heavy atom. The number of hydrogen-bond acceptors (Lipinski definition) is 3. The van der Waals surface area contributed by atoms with Crippen LogP contribution in [-0.2, 0) is 16.6 Å². The molecule has 0 aliphatic carbocycles. The van der Waals surface area contributed by atoms with Crippen molar-refractivity contribution >= 4 is 17.7 Å². The fourth-order valence-corrected chi connectivity index (χ4v) is 4.07. The molecule has 0 amide bonds. The van der Waals surface area contributed by atoms with Crippen molar-refractivity contribution in [2.75, 3.05) is 7.11 Å². The molecule has 0 aliphatic rings. The summed E-state index contributed by atoms with van der Waals surface area (Å²) >= 11 is 1.46. The van der Waals surface area contributed by atoms with Gasteiger partial charge >= 0.3 is 5.97 Å². The SMILES string of the molecule is COc1ccc(CCCCCC(Sc2ccc(C(C)(C)C)cc2)C(=O)O)cc1. The molecule has 0 saturated heterocycles. The molecule has 0 radical (unpaired) electrons. The highest BCUT2D eigenvalue weighted by Crippen LogP contribution is 2.30. The number of aryl methyl sites for hydroxylation is 1. The van der Waals surface area contributed by atoms with Gasteiger partial charge in [-0.3, -0.25) is 4.79 Å². The number of hydrogen-bond donors (Lipinski definition) is 1. The first kappa shape index (κ1) is 22.4. The predicted molar refractivity (Wildman–Crippen MR) is 118 cm³/mol. The van der Waals surface area contributed by atoms with E-state index in [9.17, 15) is 9.90 Å². The van der Waals surface area contributed by atoms with Crippen molar-refractivity contribution in [3.05, 3.63) is 59.7 Å². The Labute approximate surface area is 173 Å². The van der Waals surface area contributed by atoms with Gasteiger partial charge in [0.15, 0.2) is 0 Å². The van der Waals surface area contributed by atoms with E-state index in [2.05, 4.69) is 45.0 Å². The van der Waals surface area contributed by atoms with E-state index in [1.807, 2.05) is 24.3 Å². The normalized spacial score (nSPS) is 12.6. The molecular weight excluding hydrogens is 368 g/mol. The largest absolute Gasteiger partial charge is 0.497 e. The first-order valence-corrected chi connectivity index (χ1v) is 10.8. The van der Waals surface area contributed by atoms with Gasteiger partial charge < -0.3 is 9.84 Å². The molecule has 0 aliphatic heterocycles. The number of benzene rings is 2. The third-order valence-electron chi connectivity index (χ3n) is 4.86. The number of ether oxygens (including phenoxy) is 1. The number of carbonyl (C=O) groups is 1. The van der Waals surface area contributed by atoms with E-state index in [1.165, 1.54) is 22.9 Å². The summed E-state index contributed by atoms with van der Waals surface area (Å²) in [6, 6.07) is 16.5. The van der Waals surface area contributed by atoms with Crippen molar-refractivity contribution in [2.24, 2.45) is 0 Å². The molecule has 0 aromatic heterocycles. The molecular formula is C24H32O3S. The quantitative estimate of drug-likeness (QED) is 0.373. The van der Waals surface area contributed by atoms with Crippen LogP contribution in [0.4, 0.5) is 0 Å². The highest BCUT2D eigenvalue weighted by molar-refractivity contribution is 8.00. The Balaban J connectivity index is 1.77. The number of carboxylic acid groups (broad SMARTS) is 1. The van der Waals surface area contributed by atoms with Gasteiger partial charge in [-0.25, -0.2) is 0 Å². The molecule has 2 aromatic carbocycles. The van der Waals surface area contributed by atoms with Gasteiger partial charge in [-0.1, -0.05) is 57.9 Å². The first-order valence-electron chi connectivity index (χ1n) is 9.92. The van der Waals surface area contributed by atoms with Crippen LogP contribution < -0.4 is 4.74 Å². The Hall–Kier alpha value is -1.94. The van der Waals surface area contributed by atoms with E-state index in [1.54, 1.807) is 7.11 Å². The van der Waals surface area contributed by atoms with Gasteiger partial charge in [-0.2, -0.15) is 0 Å². The van der Waals surface area contributed by atoms with Crippen LogP contribution >= 0.6 is 11.8 Å². The lowest BCUT2D eigenvalue weighted by atomic mass is 9.87. The van der Waals surface area contributed by atoms with Crippen molar-refractivity contribution < 1.29 is 14.6 Å². The first-order chi connectivity index (χ1) is 13.3. The average Bonchev–Trinajstić information content (AvgIpc) is 2.67. The van der Waals surface area contributed by atoms with E-state index >= 15 is 0 Å². The van der Waals surface area contributed by atoms with Gasteiger partial charge in [0.2, 0.25) is 0 Å². The summed E-state index contributed by atoms with van der Waals surface area (Å²) in [7, 11) is 1.67. The van der Waals surface area contributed by atoms with Crippen LogP contribution in [0.3, 0.4) is 0 Å². The zero-order chi connectivity index (χ0) is 20.6. The zero-order valence-electron chi connectivity index (χ0n) is 17.4. The molecule has 0 fully saturated rings. The molecule has 0 heterocycles. The summed E-state index contributed by atoms with van der Waals surface area (Å²) < 4.78 is 5.17. The molecule has 1 atom stereocenters. The smallest absolute Gasteiger partial charge is 0.316 e. The minimum absolute atomic E-state index is 0.110. The number of methoxy groups -OCH3 is 1. The van der Waals surface area contributed by atoms with Crippen molar-refractivity contribution in [1.29, 1.82) is 0 Å². The maximum Gasteiger partial charge on any atom is 0.316 e. The van der Waals surface area contributed by atoms with E-state index in [-0.39, 0.29) is 10.7 Å². The molecule has 152 valence electrons. The van der Waals surface area contributed by atoms with Gasteiger partial charge in [-0.15, -0.1) is 11.8 Å². The Bertz CT molecular complexity index is 730. The summed E-state index contributed by atoms with van der Waals surface area (Å²) in [5, 5.41) is 9.18. The Morgan fingerprint density at radius 3 is 2.18 bits per heavy atom. The molecule has 1 N–H and O–H groups in total. The molecule has 3 nitrogen and oxygen atoms in total. The topological polar surface area (TPSA) is 46.5 Å². The van der Waals surface area contributed by atoms with Crippen LogP contribution in [0.1, 0.15) is 57.6 Å². The Kier molecular flexibility index (Phi) is 8.43. The van der Waals surface area contributed by atoms with Gasteiger partial charge in [0.1, 0.15) is 11.0 Å². The average molecular weight is 401 g/mol. The lowest BCUT2D eigenvalue weighted by Crippen LogP contribution is -2.16. The van der Waals surface area contributed by atoms with Gasteiger partial charge in [0, 0.05) is 4.90 Å². The number of carboxylic acids is 1. The highest BCUT2D eigenvalue weighted by Gasteiger charge is 2.19. The minimum atomic E-state index is -0.722. The third kappa shape index (κ3) is 7.23. The number of aliphatic carboxylic acids is 1. The lowest BCUT2D eigenvalue weighted by molar-refractivity contribution is -0.136. The second-order valence-corrected chi connectivity index (χ2v) is 9.44. The molecule has 4 heteroatoms. The summed E-state index contributed by atoms with van der Waals surface area (Å²) in [5.41, 5.74) is 2.67. The summed E-state index contributed by atoms with van der Waals surface area (Å²) in [5.74, 6) is 0.153. The van der Waals surface area contributed by atoms with E-state index in [4.69, 9.17) is 4.74 Å². The van der Waals surface area contributed by atoms with Crippen LogP contribution in [-0.4, -0.2) is 23.4 Å². The molecule has 0 spiro atoms. The summed E-state index contributed by atoms with van der Waals surface area (Å²) in [4.78, 5) is 12.7. The highest BCUT2D eigenvalue weighted by atomic mass is 32.2. The fourth-order valence-electron chi connectivity index (χ4n) is 3.06. The summed E-state index contributed by atoms with van der Waals surface area (Å²) in [6.07, 6.45) is 4.76. The standard InChI is InChI=1S/C24H32O3S/c1-24(2,3)19-12-16-21(17-13-19)28-22(23(25)26)9-7-5-6-8-18-10-14-20(27-4)15-11-18/h10-17,22H,5-9H2,1-4H3,(H,25,26). The third-order valence-corrected chi connectivity index (χ3v) is 6.13. The number of thioether (sulfide) groups is 1. The molecule has 0 saturated carbocycles. The molecule has 2 aromatic rings. The zero-order valence-corrected chi connectivity index (χ0v) is 18.2. The van der Waals surface area contributed by atoms with Gasteiger partial charge in [-0.05, 0) is 60.1 Å². The van der Waals surface area contributed by atoms with Crippen molar-refractivity contribution in [2.45, 2.75) is 68.4 Å². The van der Waals surface area contributed by atoms with E-state index < -0.39 is 5.97 Å². The monoisotopic (exact) mass is 400 g/mol. The Morgan fingerprint density at radius 1 is 1.00 bits per heavy atom. The predicted octanol–water partition coefficient (Wildman–Crippen LogP) is 6.34. The lowest BCUT2D eigenvalue weighted by Gasteiger charge is -2.19. The molecule has 2 rings (SSSR count). The van der Waals surface area contributed by atoms with Crippen molar-refractivity contribution in [3.63, 3.8) is 0 Å². The number of rotatable bonds is 10. The maximum absolute atomic E-state index is 11.6. The fraction of sp³-hybridized carbons (Fsp3) is 0.458. The molecule has 0 bridgehead atoms. The minimum Gasteiger partial charge on any atom is -0.497 e. The molecule has 1 unspecified atom stereocenters. The summed E-state index contributed by atoms with van der Waals surface area (Å²) in [6.45, 7) is 6.55. The van der Waals surface area contributed by atoms with Gasteiger partial charge in [0.05, 0.1) is 7.11 Å². The van der Waals surface area contributed by atoms with Gasteiger partial charge in [0.25, 0.3) is 0 Å².